The Morgan fingerprint density at radius 3 is 1.00 bits per heavy atom. The first-order valence-corrected chi connectivity index (χ1v) is 10.5. The molecule has 0 amide bonds. The van der Waals surface area contributed by atoms with Crippen LogP contribution in [-0.4, -0.2) is 49.7 Å². The predicted molar refractivity (Wildman–Crippen MR) is 135 cm³/mol. The summed E-state index contributed by atoms with van der Waals surface area (Å²) in [5.41, 5.74) is -8.63. The highest BCUT2D eigenvalue weighted by Crippen LogP contribution is 2.42. The molecule has 24 nitrogen and oxygen atoms in total. The Kier molecular flexibility index (Phi) is 7.01. The fourth-order valence-corrected chi connectivity index (χ4v) is 3.52. The largest absolute Gasteiger partial charge is 0.326 e. The van der Waals surface area contributed by atoms with E-state index in [1.165, 1.54) is 0 Å². The number of fused-ring (bicyclic) bond motifs is 1. The van der Waals surface area contributed by atoms with Crippen molar-refractivity contribution in [1.29, 1.82) is 0 Å². The van der Waals surface area contributed by atoms with Gasteiger partial charge in [0.25, 0.3) is 11.4 Å². The molecule has 4 rings (SSSR count). The minimum Gasteiger partial charge on any atom is -0.326 e. The molecule has 0 saturated carbocycles. The van der Waals surface area contributed by atoms with Crippen molar-refractivity contribution >= 4 is 68.2 Å². The van der Waals surface area contributed by atoms with Crippen molar-refractivity contribution in [3.05, 3.63) is 97.3 Å². The first-order valence-electron chi connectivity index (χ1n) is 10.5. The van der Waals surface area contributed by atoms with Gasteiger partial charge < -0.3 is 10.6 Å². The third-order valence-electron chi connectivity index (χ3n) is 5.26. The van der Waals surface area contributed by atoms with Crippen LogP contribution in [0.5, 0.6) is 0 Å². The van der Waals surface area contributed by atoms with E-state index in [9.17, 15) is 60.7 Å². The van der Waals surface area contributed by atoms with Crippen LogP contribution >= 0.6 is 0 Å². The number of non-ortho nitro benzene ring substituents is 2. The second-order valence-electron chi connectivity index (χ2n) is 7.66. The van der Waals surface area contributed by atoms with Crippen LogP contribution in [0.1, 0.15) is 0 Å². The normalized spacial score (nSPS) is 10.6. The molecule has 0 radical (unpaired) electrons. The van der Waals surface area contributed by atoms with Gasteiger partial charge in [-0.05, 0) is 0 Å². The molecular formula is C18H8N12O12. The molecule has 212 valence electrons. The van der Waals surface area contributed by atoms with E-state index in [-0.39, 0.29) is 11.0 Å². The monoisotopic (exact) mass is 584 g/mol. The number of nitro groups is 6. The van der Waals surface area contributed by atoms with Gasteiger partial charge in [-0.3, -0.25) is 60.7 Å². The molecule has 0 aliphatic rings. The molecule has 0 bridgehead atoms. The van der Waals surface area contributed by atoms with E-state index >= 15 is 0 Å². The Bertz CT molecular complexity index is 1680. The molecule has 2 aromatic heterocycles. The molecule has 4 aromatic rings. The van der Waals surface area contributed by atoms with E-state index in [0.717, 1.165) is 12.4 Å². The van der Waals surface area contributed by atoms with Gasteiger partial charge in [0.05, 0.1) is 53.8 Å². The van der Waals surface area contributed by atoms with Crippen molar-refractivity contribution in [2.75, 3.05) is 10.6 Å². The van der Waals surface area contributed by atoms with E-state index in [0.29, 0.717) is 24.3 Å². The zero-order valence-electron chi connectivity index (χ0n) is 19.8. The molecule has 0 spiro atoms. The summed E-state index contributed by atoms with van der Waals surface area (Å²) < 4.78 is 0. The van der Waals surface area contributed by atoms with Gasteiger partial charge in [-0.1, -0.05) is 0 Å². The lowest BCUT2D eigenvalue weighted by molar-refractivity contribution is -0.402. The van der Waals surface area contributed by atoms with E-state index in [4.69, 9.17) is 0 Å². The van der Waals surface area contributed by atoms with Crippen LogP contribution in [0.3, 0.4) is 0 Å². The summed E-state index contributed by atoms with van der Waals surface area (Å²) in [6, 6.07) is 1.83. The van der Waals surface area contributed by atoms with Crippen LogP contribution in [0.2, 0.25) is 0 Å². The SMILES string of the molecule is O=[N+]([O-])c1cc([N+](=O)[O-])c(Nc2nnc(Nc3c([N+](=O)[O-])cc([N+](=O)[O-])cc3[N+](=O)[O-])c3nccnc23)c([N+](=O)[O-])c1. The number of nitrogens with one attached hydrogen (secondary N) is 2. The first kappa shape index (κ1) is 27.9. The second-order valence-corrected chi connectivity index (χ2v) is 7.66. The summed E-state index contributed by atoms with van der Waals surface area (Å²) >= 11 is 0. The summed E-state index contributed by atoms with van der Waals surface area (Å²) in [4.78, 5) is 70.0. The maximum atomic E-state index is 11.6. The van der Waals surface area contributed by atoms with Crippen LogP contribution in [0, 0.1) is 60.7 Å². The molecule has 0 unspecified atom stereocenters. The highest BCUT2D eigenvalue weighted by atomic mass is 16.6. The zero-order chi connectivity index (χ0) is 30.9. The number of benzene rings is 2. The van der Waals surface area contributed by atoms with Crippen molar-refractivity contribution in [3.63, 3.8) is 0 Å². The molecule has 0 aliphatic carbocycles. The van der Waals surface area contributed by atoms with Gasteiger partial charge in [0.15, 0.2) is 23.0 Å². The highest BCUT2D eigenvalue weighted by Gasteiger charge is 2.34. The second kappa shape index (κ2) is 10.6. The van der Waals surface area contributed by atoms with Crippen molar-refractivity contribution in [3.8, 4) is 0 Å². The fourth-order valence-electron chi connectivity index (χ4n) is 3.52. The minimum absolute atomic E-state index is 0.329. The number of hydrogen-bond acceptors (Lipinski definition) is 18. The lowest BCUT2D eigenvalue weighted by Crippen LogP contribution is -2.09. The average Bonchev–Trinajstić information content (AvgIpc) is 2.93. The number of anilines is 4. The van der Waals surface area contributed by atoms with Gasteiger partial charge in [-0.25, -0.2) is 9.97 Å². The van der Waals surface area contributed by atoms with Crippen LogP contribution in [0.4, 0.5) is 57.1 Å². The van der Waals surface area contributed by atoms with Gasteiger partial charge >= 0.3 is 22.7 Å². The van der Waals surface area contributed by atoms with Crippen molar-refractivity contribution in [1.82, 2.24) is 20.2 Å². The summed E-state index contributed by atoms with van der Waals surface area (Å²) in [6.45, 7) is 0. The van der Waals surface area contributed by atoms with Gasteiger partial charge in [-0.2, -0.15) is 0 Å². The Labute approximate surface area is 226 Å². The van der Waals surface area contributed by atoms with Crippen LogP contribution in [-0.2, 0) is 0 Å². The van der Waals surface area contributed by atoms with Crippen molar-refractivity contribution in [2.45, 2.75) is 0 Å². The van der Waals surface area contributed by atoms with Gasteiger partial charge in [-0.15, -0.1) is 10.2 Å². The quantitative estimate of drug-likeness (QED) is 0.199. The predicted octanol–water partition coefficient (Wildman–Crippen LogP) is 3.36. The Hall–Kier alpha value is -7.14. The van der Waals surface area contributed by atoms with Crippen molar-refractivity contribution in [2.24, 2.45) is 0 Å². The minimum atomic E-state index is -1.13. The number of nitrogens with zero attached hydrogens (tertiary/aromatic N) is 10. The number of rotatable bonds is 10. The molecule has 0 saturated heterocycles. The summed E-state index contributed by atoms with van der Waals surface area (Å²) in [7, 11) is 0. The van der Waals surface area contributed by atoms with Crippen LogP contribution in [0.15, 0.2) is 36.7 Å². The van der Waals surface area contributed by atoms with Crippen LogP contribution in [0.25, 0.3) is 11.0 Å². The first-order chi connectivity index (χ1) is 19.8. The smallest absolute Gasteiger partial charge is 0.306 e. The van der Waals surface area contributed by atoms with Gasteiger partial charge in [0.1, 0.15) is 11.0 Å². The highest BCUT2D eigenvalue weighted by molar-refractivity contribution is 5.97. The van der Waals surface area contributed by atoms with E-state index in [1.807, 2.05) is 0 Å². The topological polar surface area (TPSA) is 334 Å². The third-order valence-corrected chi connectivity index (χ3v) is 5.26. The summed E-state index contributed by atoms with van der Waals surface area (Å²) in [6.07, 6.45) is 2.16. The molecule has 24 heteroatoms. The summed E-state index contributed by atoms with van der Waals surface area (Å²) in [5.74, 6) is -1.03. The standard InChI is InChI=1S/C18H8N12O12/c31-25(32)7-3-9(27(35)36)13(10(4-7)28(37)38)21-17-15-16(20-2-1-19-15)18(24-23-17)22-14-11(29(39)40)5-8(26(33)34)6-12(14)30(41)42/h1-6H,(H,21,23)(H,22,24). The molecule has 0 aliphatic heterocycles. The lowest BCUT2D eigenvalue weighted by atomic mass is 10.2. The van der Waals surface area contributed by atoms with Crippen LogP contribution < -0.4 is 10.6 Å². The molecule has 0 atom stereocenters. The maximum Gasteiger partial charge on any atom is 0.306 e. The third kappa shape index (κ3) is 5.10. The Balaban J connectivity index is 1.90. The van der Waals surface area contributed by atoms with Gasteiger partial charge in [0.2, 0.25) is 0 Å². The maximum absolute atomic E-state index is 11.6. The Morgan fingerprint density at radius 2 is 0.762 bits per heavy atom. The average molecular weight is 584 g/mol. The molecule has 0 fully saturated rings. The molecule has 42 heavy (non-hydrogen) atoms. The lowest BCUT2D eigenvalue weighted by Gasteiger charge is -2.11. The molecule has 2 heterocycles. The van der Waals surface area contributed by atoms with Crippen molar-refractivity contribution < 1.29 is 29.5 Å². The number of nitro benzene ring substituents is 6. The number of hydrogen-bond donors (Lipinski definition) is 2. The number of aromatic nitrogens is 4. The van der Waals surface area contributed by atoms with E-state index in [1.54, 1.807) is 0 Å². The van der Waals surface area contributed by atoms with E-state index < -0.39 is 86.7 Å². The summed E-state index contributed by atoms with van der Waals surface area (Å²) in [5, 5.41) is 80.7. The zero-order valence-corrected chi connectivity index (χ0v) is 19.8. The fraction of sp³-hybridized carbons (Fsp3) is 0. The molecule has 2 aromatic carbocycles. The molecular weight excluding hydrogens is 576 g/mol. The van der Waals surface area contributed by atoms with E-state index in [2.05, 4.69) is 30.8 Å². The molecule has 2 N–H and O–H groups in total. The van der Waals surface area contributed by atoms with Gasteiger partial charge in [0, 0.05) is 12.4 Å². The Morgan fingerprint density at radius 1 is 0.476 bits per heavy atom.